The van der Waals surface area contributed by atoms with Crippen molar-refractivity contribution >= 4 is 15.9 Å². The van der Waals surface area contributed by atoms with Crippen LogP contribution in [0.4, 0.5) is 13.2 Å². The Morgan fingerprint density at radius 1 is 0.944 bits per heavy atom. The molecular formula is C13H9BrF3N. The maximum absolute atomic E-state index is 13.6. The lowest BCUT2D eigenvalue weighted by molar-refractivity contribution is 0.487. The largest absolute Gasteiger partial charge is 0.320 e. The van der Waals surface area contributed by atoms with Gasteiger partial charge in [0.15, 0.2) is 11.6 Å². The monoisotopic (exact) mass is 315 g/mol. The molecule has 5 heteroatoms. The van der Waals surface area contributed by atoms with Crippen LogP contribution >= 0.6 is 15.9 Å². The van der Waals surface area contributed by atoms with Crippen LogP contribution < -0.4 is 5.73 Å². The lowest BCUT2D eigenvalue weighted by Crippen LogP contribution is -2.14. The molecule has 94 valence electrons. The van der Waals surface area contributed by atoms with Gasteiger partial charge in [0, 0.05) is 16.1 Å². The summed E-state index contributed by atoms with van der Waals surface area (Å²) in [4.78, 5) is 0. The average Bonchev–Trinajstić information content (AvgIpc) is 2.33. The van der Waals surface area contributed by atoms with Gasteiger partial charge in [-0.2, -0.15) is 0 Å². The lowest BCUT2D eigenvalue weighted by Gasteiger charge is -2.14. The zero-order valence-electron chi connectivity index (χ0n) is 9.13. The van der Waals surface area contributed by atoms with E-state index in [-0.39, 0.29) is 5.56 Å². The Bertz CT molecular complexity index is 586. The van der Waals surface area contributed by atoms with Crippen LogP contribution in [0.1, 0.15) is 17.2 Å². The maximum Gasteiger partial charge on any atom is 0.161 e. The first kappa shape index (κ1) is 13.1. The Labute approximate surface area is 111 Å². The number of hydrogen-bond acceptors (Lipinski definition) is 1. The highest BCUT2D eigenvalue weighted by Gasteiger charge is 2.17. The van der Waals surface area contributed by atoms with Gasteiger partial charge in [-0.1, -0.05) is 28.1 Å². The third-order valence-electron chi connectivity index (χ3n) is 2.58. The van der Waals surface area contributed by atoms with Crippen molar-refractivity contribution < 1.29 is 13.2 Å². The van der Waals surface area contributed by atoms with Crippen molar-refractivity contribution in [3.05, 3.63) is 69.4 Å². The molecule has 0 spiro atoms. The molecule has 0 aromatic heterocycles. The highest BCUT2D eigenvalue weighted by Crippen LogP contribution is 2.26. The van der Waals surface area contributed by atoms with Gasteiger partial charge in [0.25, 0.3) is 0 Å². The molecular weight excluding hydrogens is 307 g/mol. The highest BCUT2D eigenvalue weighted by atomic mass is 79.9. The quantitative estimate of drug-likeness (QED) is 0.835. The van der Waals surface area contributed by atoms with E-state index in [4.69, 9.17) is 5.73 Å². The van der Waals surface area contributed by atoms with Crippen molar-refractivity contribution in [2.75, 3.05) is 0 Å². The Morgan fingerprint density at radius 3 is 2.28 bits per heavy atom. The fraction of sp³-hybridized carbons (Fsp3) is 0.0769. The molecule has 0 bridgehead atoms. The first-order chi connectivity index (χ1) is 8.49. The van der Waals surface area contributed by atoms with Crippen molar-refractivity contribution in [3.63, 3.8) is 0 Å². The molecule has 2 N–H and O–H groups in total. The number of hydrogen-bond donors (Lipinski definition) is 1. The highest BCUT2D eigenvalue weighted by molar-refractivity contribution is 9.10. The maximum atomic E-state index is 13.6. The summed E-state index contributed by atoms with van der Waals surface area (Å²) in [6, 6.07) is 7.35. The Kier molecular flexibility index (Phi) is 3.73. The zero-order chi connectivity index (χ0) is 13.3. The second-order valence-corrected chi connectivity index (χ2v) is 4.74. The van der Waals surface area contributed by atoms with Crippen LogP contribution in [0.3, 0.4) is 0 Å². The molecule has 0 fully saturated rings. The second kappa shape index (κ2) is 5.12. The summed E-state index contributed by atoms with van der Waals surface area (Å²) >= 11 is 3.26. The summed E-state index contributed by atoms with van der Waals surface area (Å²) in [6.07, 6.45) is 0. The SMILES string of the molecule is NC(c1cccc(Br)c1)c1cc(F)c(F)cc1F. The summed E-state index contributed by atoms with van der Waals surface area (Å²) in [7, 11) is 0. The molecule has 1 atom stereocenters. The first-order valence-corrected chi connectivity index (χ1v) is 5.94. The normalized spacial score (nSPS) is 12.5. The molecule has 0 heterocycles. The third-order valence-corrected chi connectivity index (χ3v) is 3.08. The third kappa shape index (κ3) is 2.57. The van der Waals surface area contributed by atoms with E-state index in [2.05, 4.69) is 15.9 Å². The van der Waals surface area contributed by atoms with E-state index in [0.29, 0.717) is 11.6 Å². The van der Waals surface area contributed by atoms with E-state index in [9.17, 15) is 13.2 Å². The minimum atomic E-state index is -1.22. The minimum Gasteiger partial charge on any atom is -0.320 e. The lowest BCUT2D eigenvalue weighted by atomic mass is 9.99. The number of rotatable bonds is 2. The molecule has 0 aliphatic rings. The van der Waals surface area contributed by atoms with Gasteiger partial charge in [-0.15, -0.1) is 0 Å². The van der Waals surface area contributed by atoms with Gasteiger partial charge in [-0.25, -0.2) is 13.2 Å². The van der Waals surface area contributed by atoms with E-state index in [1.54, 1.807) is 24.3 Å². The molecule has 0 saturated carbocycles. The predicted molar refractivity (Wildman–Crippen MR) is 66.5 cm³/mol. The van der Waals surface area contributed by atoms with Gasteiger partial charge in [0.05, 0.1) is 6.04 Å². The summed E-state index contributed by atoms with van der Waals surface area (Å²) in [5, 5.41) is 0. The molecule has 2 rings (SSSR count). The van der Waals surface area contributed by atoms with Gasteiger partial charge in [-0.3, -0.25) is 0 Å². The Morgan fingerprint density at radius 2 is 1.61 bits per heavy atom. The van der Waals surface area contributed by atoms with Crippen molar-refractivity contribution in [1.29, 1.82) is 0 Å². The Balaban J connectivity index is 2.46. The van der Waals surface area contributed by atoms with Crippen molar-refractivity contribution in [2.24, 2.45) is 5.73 Å². The van der Waals surface area contributed by atoms with Crippen LogP contribution in [0.5, 0.6) is 0 Å². The van der Waals surface area contributed by atoms with Crippen LogP contribution in [0.25, 0.3) is 0 Å². The van der Waals surface area contributed by atoms with Crippen LogP contribution in [0, 0.1) is 17.5 Å². The molecule has 0 aliphatic heterocycles. The smallest absolute Gasteiger partial charge is 0.161 e. The molecule has 0 amide bonds. The minimum absolute atomic E-state index is 0.0769. The van der Waals surface area contributed by atoms with Crippen molar-refractivity contribution in [1.82, 2.24) is 0 Å². The summed E-state index contributed by atoms with van der Waals surface area (Å²) in [5.74, 6) is -3.20. The van der Waals surface area contributed by atoms with E-state index >= 15 is 0 Å². The molecule has 0 saturated heterocycles. The van der Waals surface area contributed by atoms with Gasteiger partial charge < -0.3 is 5.73 Å². The van der Waals surface area contributed by atoms with Gasteiger partial charge in [0.1, 0.15) is 5.82 Å². The van der Waals surface area contributed by atoms with Crippen LogP contribution in [-0.2, 0) is 0 Å². The van der Waals surface area contributed by atoms with Crippen LogP contribution in [0.2, 0.25) is 0 Å². The van der Waals surface area contributed by atoms with E-state index in [1.807, 2.05) is 0 Å². The van der Waals surface area contributed by atoms with Crippen LogP contribution in [-0.4, -0.2) is 0 Å². The van der Waals surface area contributed by atoms with Gasteiger partial charge in [-0.05, 0) is 23.8 Å². The molecule has 1 unspecified atom stereocenters. The van der Waals surface area contributed by atoms with Crippen molar-refractivity contribution in [3.8, 4) is 0 Å². The Hall–Kier alpha value is -1.33. The number of halogens is 4. The summed E-state index contributed by atoms with van der Waals surface area (Å²) in [5.41, 5.74) is 6.38. The standard InChI is InChI=1S/C13H9BrF3N/c14-8-3-1-2-7(4-8)13(18)9-5-11(16)12(17)6-10(9)15/h1-6,13H,18H2. The molecule has 18 heavy (non-hydrogen) atoms. The van der Waals surface area contributed by atoms with Crippen LogP contribution in [0.15, 0.2) is 40.9 Å². The molecule has 2 aromatic carbocycles. The van der Waals surface area contributed by atoms with E-state index in [1.165, 1.54) is 0 Å². The number of benzene rings is 2. The van der Waals surface area contributed by atoms with E-state index in [0.717, 1.165) is 10.5 Å². The number of nitrogens with two attached hydrogens (primary N) is 1. The van der Waals surface area contributed by atoms with Crippen molar-refractivity contribution in [2.45, 2.75) is 6.04 Å². The predicted octanol–water partition coefficient (Wildman–Crippen LogP) is 3.91. The van der Waals surface area contributed by atoms with Gasteiger partial charge >= 0.3 is 0 Å². The zero-order valence-corrected chi connectivity index (χ0v) is 10.7. The molecule has 0 radical (unpaired) electrons. The van der Waals surface area contributed by atoms with E-state index < -0.39 is 23.5 Å². The van der Waals surface area contributed by atoms with Gasteiger partial charge in [0.2, 0.25) is 0 Å². The fourth-order valence-corrected chi connectivity index (χ4v) is 2.07. The first-order valence-electron chi connectivity index (χ1n) is 5.14. The average molecular weight is 316 g/mol. The summed E-state index contributed by atoms with van der Waals surface area (Å²) in [6.45, 7) is 0. The molecule has 0 aliphatic carbocycles. The second-order valence-electron chi connectivity index (χ2n) is 3.82. The summed E-state index contributed by atoms with van der Waals surface area (Å²) < 4.78 is 40.3. The molecule has 2 aromatic rings. The molecule has 1 nitrogen and oxygen atoms in total. The topological polar surface area (TPSA) is 26.0 Å². The fourth-order valence-electron chi connectivity index (χ4n) is 1.66.